The number of nitrogens with two attached hydrogens (primary N) is 1. The number of imide groups is 1. The van der Waals surface area contributed by atoms with Crippen molar-refractivity contribution in [2.45, 2.75) is 128 Å². The molecule has 1 aliphatic rings. The van der Waals surface area contributed by atoms with Crippen LogP contribution in [0.15, 0.2) is 41.7 Å². The van der Waals surface area contributed by atoms with Crippen LogP contribution in [-0.2, 0) is 38.8 Å². The Labute approximate surface area is 350 Å². The highest BCUT2D eigenvalue weighted by atomic mass is 35.5. The van der Waals surface area contributed by atoms with Gasteiger partial charge in [-0.15, -0.1) is 0 Å². The first-order valence-electron chi connectivity index (χ1n) is 19.9. The number of amides is 6. The SMILES string of the molecule is CCC(N)C(=O)C(=O)NC(=O)CN(C(=O)[C@H](CC1CCCCC1)NC(=O)[C@@H](NC(=O)[C@H](CC(C)C)NC(=O)c1cnccn1)[C@@H](C)CC)S(=O)(=O)c1ccc(C)c(Cl)c1. The van der Waals surface area contributed by atoms with Gasteiger partial charge in [-0.2, -0.15) is 0 Å². The van der Waals surface area contributed by atoms with Crippen molar-refractivity contribution in [2.24, 2.45) is 23.5 Å². The third-order valence-electron chi connectivity index (χ3n) is 10.3. The van der Waals surface area contributed by atoms with Gasteiger partial charge in [0.05, 0.1) is 17.1 Å². The van der Waals surface area contributed by atoms with Gasteiger partial charge in [-0.1, -0.05) is 90.8 Å². The van der Waals surface area contributed by atoms with Crippen molar-refractivity contribution in [2.75, 3.05) is 6.54 Å². The molecular formula is C40H57ClN8O9S. The molecule has 59 heavy (non-hydrogen) atoms. The topological polar surface area (TPSA) is 257 Å². The second-order valence-electron chi connectivity index (χ2n) is 15.4. The Balaban J connectivity index is 2.03. The van der Waals surface area contributed by atoms with Gasteiger partial charge in [0.2, 0.25) is 23.5 Å². The third kappa shape index (κ3) is 13.9. The third-order valence-corrected chi connectivity index (χ3v) is 12.5. The summed E-state index contributed by atoms with van der Waals surface area (Å²) in [6.07, 6.45) is 8.64. The molecule has 0 spiro atoms. The molecule has 3 rings (SSSR count). The molecule has 1 aromatic heterocycles. The van der Waals surface area contributed by atoms with Gasteiger partial charge in [0, 0.05) is 17.4 Å². The van der Waals surface area contributed by atoms with E-state index in [1.165, 1.54) is 30.7 Å². The number of carbonyl (C=O) groups is 7. The van der Waals surface area contributed by atoms with E-state index < -0.39 is 92.8 Å². The van der Waals surface area contributed by atoms with Crippen molar-refractivity contribution in [1.82, 2.24) is 35.5 Å². The molecule has 0 aliphatic heterocycles. The summed E-state index contributed by atoms with van der Waals surface area (Å²) in [6, 6.07) is -1.38. The summed E-state index contributed by atoms with van der Waals surface area (Å²) in [5.74, 6) is -7.82. The maximum absolute atomic E-state index is 14.7. The first kappa shape index (κ1) is 48.6. The van der Waals surface area contributed by atoms with Crippen LogP contribution in [0.2, 0.25) is 5.02 Å². The zero-order valence-corrected chi connectivity index (χ0v) is 36.0. The number of hydrogen-bond acceptors (Lipinski definition) is 12. The average molecular weight is 861 g/mol. The van der Waals surface area contributed by atoms with Crippen molar-refractivity contribution in [3.05, 3.63) is 53.1 Å². The Bertz CT molecular complexity index is 1940. The van der Waals surface area contributed by atoms with Crippen LogP contribution in [-0.4, -0.2) is 94.6 Å². The molecule has 5 atom stereocenters. The highest BCUT2D eigenvalue weighted by Crippen LogP contribution is 2.29. The lowest BCUT2D eigenvalue weighted by Crippen LogP contribution is -2.60. The molecular weight excluding hydrogens is 804 g/mol. The number of sulfonamides is 1. The molecule has 1 aliphatic carbocycles. The molecule has 1 unspecified atom stereocenters. The van der Waals surface area contributed by atoms with Gasteiger partial charge in [-0.25, -0.2) is 17.7 Å². The number of aryl methyl sites for hydroxylation is 1. The van der Waals surface area contributed by atoms with Gasteiger partial charge in [-0.3, -0.25) is 43.9 Å². The van der Waals surface area contributed by atoms with E-state index in [0.29, 0.717) is 24.8 Å². The van der Waals surface area contributed by atoms with Crippen LogP contribution in [0.5, 0.6) is 0 Å². The Kier molecular flexibility index (Phi) is 18.5. The van der Waals surface area contributed by atoms with Gasteiger partial charge in [0.25, 0.3) is 27.7 Å². The molecule has 1 fully saturated rings. The zero-order valence-electron chi connectivity index (χ0n) is 34.5. The molecule has 324 valence electrons. The lowest BCUT2D eigenvalue weighted by Gasteiger charge is -2.32. The number of rotatable bonds is 20. The summed E-state index contributed by atoms with van der Waals surface area (Å²) in [4.78, 5) is 102. The molecule has 6 N–H and O–H groups in total. The Morgan fingerprint density at radius 3 is 2.17 bits per heavy atom. The molecule has 1 heterocycles. The summed E-state index contributed by atoms with van der Waals surface area (Å²) in [5, 5.41) is 10.0. The van der Waals surface area contributed by atoms with E-state index in [-0.39, 0.29) is 46.1 Å². The Morgan fingerprint density at radius 1 is 0.915 bits per heavy atom. The fraction of sp³-hybridized carbons (Fsp3) is 0.575. The van der Waals surface area contributed by atoms with E-state index in [9.17, 15) is 42.0 Å². The van der Waals surface area contributed by atoms with E-state index in [1.807, 2.05) is 19.2 Å². The van der Waals surface area contributed by atoms with Crippen molar-refractivity contribution in [3.63, 3.8) is 0 Å². The number of Topliss-reactive ketones (excluding diaryl/α,β-unsaturated/α-hetero) is 1. The highest BCUT2D eigenvalue weighted by Gasteiger charge is 2.40. The fourth-order valence-corrected chi connectivity index (χ4v) is 8.23. The minimum atomic E-state index is -4.90. The monoisotopic (exact) mass is 860 g/mol. The summed E-state index contributed by atoms with van der Waals surface area (Å²) in [7, 11) is -4.90. The molecule has 19 heteroatoms. The van der Waals surface area contributed by atoms with Crippen LogP contribution in [0, 0.1) is 24.7 Å². The number of halogens is 1. The second-order valence-corrected chi connectivity index (χ2v) is 17.7. The second kappa shape index (κ2) is 22.5. The van der Waals surface area contributed by atoms with Crippen molar-refractivity contribution in [3.8, 4) is 0 Å². The minimum absolute atomic E-state index is 0.0129. The molecule has 1 aromatic carbocycles. The molecule has 2 aromatic rings. The molecule has 17 nitrogen and oxygen atoms in total. The largest absolute Gasteiger partial charge is 0.342 e. The first-order chi connectivity index (χ1) is 27.8. The van der Waals surface area contributed by atoms with E-state index in [1.54, 1.807) is 27.7 Å². The van der Waals surface area contributed by atoms with Crippen LogP contribution in [0.3, 0.4) is 0 Å². The van der Waals surface area contributed by atoms with Crippen LogP contribution in [0.1, 0.15) is 108 Å². The highest BCUT2D eigenvalue weighted by molar-refractivity contribution is 7.89. The van der Waals surface area contributed by atoms with E-state index in [4.69, 9.17) is 17.3 Å². The molecule has 1 saturated carbocycles. The molecule has 0 radical (unpaired) electrons. The van der Waals surface area contributed by atoms with Crippen LogP contribution in [0.25, 0.3) is 0 Å². The van der Waals surface area contributed by atoms with Gasteiger partial charge in [-0.05, 0) is 61.6 Å². The fourth-order valence-electron chi connectivity index (χ4n) is 6.57. The maximum Gasteiger partial charge on any atom is 0.295 e. The van der Waals surface area contributed by atoms with Crippen molar-refractivity contribution in [1.29, 1.82) is 0 Å². The van der Waals surface area contributed by atoms with Gasteiger partial charge in [0.15, 0.2) is 0 Å². The summed E-state index contributed by atoms with van der Waals surface area (Å²) in [5.41, 5.74) is 6.19. The number of nitrogens with zero attached hydrogens (tertiary/aromatic N) is 3. The molecule has 0 bridgehead atoms. The number of benzene rings is 1. The predicted molar refractivity (Wildman–Crippen MR) is 219 cm³/mol. The van der Waals surface area contributed by atoms with Crippen LogP contribution >= 0.6 is 11.6 Å². The normalized spacial score (nSPS) is 15.8. The minimum Gasteiger partial charge on any atom is -0.342 e. The number of carbonyl (C=O) groups excluding carboxylic acids is 7. The first-order valence-corrected chi connectivity index (χ1v) is 21.8. The lowest BCUT2D eigenvalue weighted by atomic mass is 9.84. The number of ketones is 1. The smallest absolute Gasteiger partial charge is 0.295 e. The van der Waals surface area contributed by atoms with Crippen LogP contribution in [0.4, 0.5) is 0 Å². The van der Waals surface area contributed by atoms with E-state index >= 15 is 0 Å². The standard InChI is InChI=1S/C40H57ClN8O9S/c1-7-24(5)34(48-36(52)30(18-23(3)4)45-37(53)32-21-43-16-17-44-32)38(54)46-31(19-26-12-10-9-11-13-26)40(56)49(22-33(50)47-39(55)35(51)29(42)8-2)59(57,58)27-15-14-25(6)28(41)20-27/h14-17,20-21,23-24,26,29-31,34H,7-13,18-19,22,42H2,1-6H3,(H,45,53)(H,46,54)(H,48,52)(H,47,50,55)/t24-,29?,30-,31-,34-/m0/s1. The summed E-state index contributed by atoms with van der Waals surface area (Å²) >= 11 is 6.28. The molecule has 6 amide bonds. The summed E-state index contributed by atoms with van der Waals surface area (Å²) in [6.45, 7) is 9.17. The van der Waals surface area contributed by atoms with Gasteiger partial charge < -0.3 is 21.7 Å². The predicted octanol–water partition coefficient (Wildman–Crippen LogP) is 2.74. The summed E-state index contributed by atoms with van der Waals surface area (Å²) < 4.78 is 28.9. The van der Waals surface area contributed by atoms with Crippen LogP contribution < -0.4 is 27.0 Å². The number of hydrogen-bond donors (Lipinski definition) is 5. The van der Waals surface area contributed by atoms with Crippen molar-refractivity contribution >= 4 is 62.9 Å². The maximum atomic E-state index is 14.7. The lowest BCUT2D eigenvalue weighted by molar-refractivity contribution is -0.142. The number of nitrogens with one attached hydrogen (secondary N) is 4. The Morgan fingerprint density at radius 2 is 1.59 bits per heavy atom. The number of aromatic nitrogens is 2. The van der Waals surface area contributed by atoms with Gasteiger partial charge in [0.1, 0.15) is 30.4 Å². The van der Waals surface area contributed by atoms with Crippen molar-refractivity contribution < 1.29 is 42.0 Å². The zero-order chi connectivity index (χ0) is 44.0. The quantitative estimate of drug-likeness (QED) is 0.121. The molecule has 0 saturated heterocycles. The Hall–Kier alpha value is -4.81. The average Bonchev–Trinajstić information content (AvgIpc) is 3.21. The van der Waals surface area contributed by atoms with Gasteiger partial charge >= 0.3 is 0 Å². The van der Waals surface area contributed by atoms with E-state index in [0.717, 1.165) is 25.3 Å². The van der Waals surface area contributed by atoms with E-state index in [2.05, 4.69) is 25.9 Å².